The maximum atomic E-state index is 12.5. The third-order valence-electron chi connectivity index (χ3n) is 3.81. The van der Waals surface area contributed by atoms with Crippen molar-refractivity contribution in [3.05, 3.63) is 38.9 Å². The highest BCUT2D eigenvalue weighted by atomic mass is 35.5. The van der Waals surface area contributed by atoms with Crippen LogP contribution in [0.15, 0.2) is 18.2 Å². The van der Waals surface area contributed by atoms with E-state index in [9.17, 15) is 14.9 Å². The fourth-order valence-corrected chi connectivity index (χ4v) is 3.34. The summed E-state index contributed by atoms with van der Waals surface area (Å²) in [7, 11) is 1.68. The summed E-state index contributed by atoms with van der Waals surface area (Å²) in [4.78, 5) is 24.4. The zero-order chi connectivity index (χ0) is 15.6. The molecule has 0 N–H and O–H groups in total. The highest BCUT2D eigenvalue weighted by Gasteiger charge is 2.30. The number of nitro groups is 1. The molecule has 1 aromatic carbocycles. The van der Waals surface area contributed by atoms with E-state index >= 15 is 0 Å². The average Bonchev–Trinajstić information content (AvgIpc) is 2.45. The first-order chi connectivity index (χ1) is 9.90. The molecule has 1 amide bonds. The highest BCUT2D eigenvalue weighted by Crippen LogP contribution is 2.28. The summed E-state index contributed by atoms with van der Waals surface area (Å²) in [6, 6.07) is 3.87. The van der Waals surface area contributed by atoms with Gasteiger partial charge in [-0.1, -0.05) is 24.4 Å². The smallest absolute Gasteiger partial charge is 0.271 e. The molecule has 114 valence electrons. The number of hydrogen-bond acceptors (Lipinski definition) is 3. The molecule has 0 bridgehead atoms. The summed E-state index contributed by atoms with van der Waals surface area (Å²) in [6.07, 6.45) is 3.81. The lowest BCUT2D eigenvalue weighted by molar-refractivity contribution is -0.384. The lowest BCUT2D eigenvalue weighted by Gasteiger charge is -2.35. The number of carbonyl (C=O) groups is 1. The van der Waals surface area contributed by atoms with Crippen molar-refractivity contribution >= 4 is 34.8 Å². The van der Waals surface area contributed by atoms with Crippen LogP contribution in [0.25, 0.3) is 0 Å². The van der Waals surface area contributed by atoms with Crippen LogP contribution in [0.3, 0.4) is 0 Å². The van der Waals surface area contributed by atoms with Gasteiger partial charge in [0.15, 0.2) is 0 Å². The first-order valence-electron chi connectivity index (χ1n) is 6.76. The van der Waals surface area contributed by atoms with E-state index in [2.05, 4.69) is 0 Å². The topological polar surface area (TPSA) is 63.5 Å². The van der Waals surface area contributed by atoms with Gasteiger partial charge in [0.05, 0.1) is 10.3 Å². The minimum atomic E-state index is -0.562. The Labute approximate surface area is 133 Å². The van der Waals surface area contributed by atoms with Crippen LogP contribution in [-0.4, -0.2) is 34.2 Å². The Morgan fingerprint density at radius 3 is 2.62 bits per heavy atom. The van der Waals surface area contributed by atoms with Gasteiger partial charge in [0.1, 0.15) is 0 Å². The number of benzene rings is 1. The normalized spacial score (nSPS) is 21.9. The Hall–Kier alpha value is -1.33. The van der Waals surface area contributed by atoms with Crippen LogP contribution in [0.2, 0.25) is 5.02 Å². The van der Waals surface area contributed by atoms with Crippen molar-refractivity contribution in [3.8, 4) is 0 Å². The summed E-state index contributed by atoms with van der Waals surface area (Å²) in [5.74, 6) is -0.293. The molecule has 0 spiro atoms. The van der Waals surface area contributed by atoms with Crippen molar-refractivity contribution in [2.45, 2.75) is 37.1 Å². The zero-order valence-electron chi connectivity index (χ0n) is 11.6. The molecule has 0 aromatic heterocycles. The van der Waals surface area contributed by atoms with E-state index in [1.165, 1.54) is 18.2 Å². The summed E-state index contributed by atoms with van der Waals surface area (Å²) in [5, 5.41) is 10.9. The maximum absolute atomic E-state index is 12.5. The standard InChI is InChI=1S/C14H16Cl2N2O3/c1-17(13-5-3-2-4-12(13)16)14(19)9-6-10(15)8-11(7-9)18(20)21/h6-8,12-13H,2-5H2,1H3. The van der Waals surface area contributed by atoms with E-state index in [1.54, 1.807) is 11.9 Å². The predicted octanol–water partition coefficient (Wildman–Crippen LogP) is 3.87. The lowest BCUT2D eigenvalue weighted by Crippen LogP contribution is -2.44. The molecule has 1 fully saturated rings. The average molecular weight is 331 g/mol. The van der Waals surface area contributed by atoms with Gasteiger partial charge >= 0.3 is 0 Å². The molecule has 2 atom stereocenters. The summed E-state index contributed by atoms with van der Waals surface area (Å²) < 4.78 is 0. The monoisotopic (exact) mass is 330 g/mol. The van der Waals surface area contributed by atoms with E-state index < -0.39 is 4.92 Å². The zero-order valence-corrected chi connectivity index (χ0v) is 13.1. The Bertz CT molecular complexity index is 565. The maximum Gasteiger partial charge on any atom is 0.271 e. The van der Waals surface area contributed by atoms with Crippen LogP contribution in [0, 0.1) is 10.1 Å². The van der Waals surface area contributed by atoms with E-state index in [0.717, 1.165) is 25.7 Å². The fourth-order valence-electron chi connectivity index (χ4n) is 2.66. The van der Waals surface area contributed by atoms with Gasteiger partial charge < -0.3 is 4.90 Å². The number of rotatable bonds is 3. The van der Waals surface area contributed by atoms with Gasteiger partial charge in [0, 0.05) is 35.8 Å². The van der Waals surface area contributed by atoms with Gasteiger partial charge in [0.25, 0.3) is 11.6 Å². The molecule has 0 heterocycles. The number of amides is 1. The molecule has 0 radical (unpaired) electrons. The third-order valence-corrected chi connectivity index (χ3v) is 4.53. The minimum absolute atomic E-state index is 0.0500. The molecule has 5 nitrogen and oxygen atoms in total. The molecule has 0 aliphatic heterocycles. The van der Waals surface area contributed by atoms with Gasteiger partial charge in [-0.15, -0.1) is 11.6 Å². The van der Waals surface area contributed by atoms with E-state index in [1.807, 2.05) is 0 Å². The third kappa shape index (κ3) is 3.66. The lowest BCUT2D eigenvalue weighted by atomic mass is 9.93. The van der Waals surface area contributed by atoms with E-state index in [-0.39, 0.29) is 33.6 Å². The summed E-state index contributed by atoms with van der Waals surface area (Å²) >= 11 is 12.1. The summed E-state index contributed by atoms with van der Waals surface area (Å²) in [6.45, 7) is 0. The number of nitrogens with zero attached hydrogens (tertiary/aromatic N) is 2. The second kappa shape index (κ2) is 6.62. The molecular weight excluding hydrogens is 315 g/mol. The van der Waals surface area contributed by atoms with Crippen LogP contribution in [0.4, 0.5) is 5.69 Å². The van der Waals surface area contributed by atoms with Crippen molar-refractivity contribution in [1.82, 2.24) is 4.90 Å². The molecule has 1 saturated carbocycles. The molecule has 1 aliphatic rings. The summed E-state index contributed by atoms with van der Waals surface area (Å²) in [5.41, 5.74) is 0.0245. The van der Waals surface area contributed by atoms with E-state index in [0.29, 0.717) is 0 Å². The van der Waals surface area contributed by atoms with Gasteiger partial charge in [-0.3, -0.25) is 14.9 Å². The first-order valence-corrected chi connectivity index (χ1v) is 7.58. The Balaban J connectivity index is 2.24. The number of carbonyl (C=O) groups excluding carboxylic acids is 1. The Kier molecular flexibility index (Phi) is 5.06. The molecular formula is C14H16Cl2N2O3. The second-order valence-corrected chi connectivity index (χ2v) is 6.24. The SMILES string of the molecule is CN(C(=O)c1cc(Cl)cc([N+](=O)[O-])c1)C1CCCCC1Cl. The number of alkyl halides is 1. The molecule has 2 unspecified atom stereocenters. The Morgan fingerprint density at radius 2 is 2.00 bits per heavy atom. The number of hydrogen-bond donors (Lipinski definition) is 0. The van der Waals surface area contributed by atoms with Gasteiger partial charge in [-0.05, 0) is 18.9 Å². The molecule has 2 rings (SSSR count). The van der Waals surface area contributed by atoms with Gasteiger partial charge in [-0.2, -0.15) is 0 Å². The van der Waals surface area contributed by atoms with Crippen LogP contribution >= 0.6 is 23.2 Å². The van der Waals surface area contributed by atoms with Gasteiger partial charge in [-0.25, -0.2) is 0 Å². The number of non-ortho nitro benzene ring substituents is 1. The molecule has 1 aliphatic carbocycles. The first kappa shape index (κ1) is 16.0. The molecule has 0 saturated heterocycles. The largest absolute Gasteiger partial charge is 0.337 e. The fraction of sp³-hybridized carbons (Fsp3) is 0.500. The minimum Gasteiger partial charge on any atom is -0.337 e. The van der Waals surface area contributed by atoms with Crippen LogP contribution in [-0.2, 0) is 0 Å². The van der Waals surface area contributed by atoms with Crippen molar-refractivity contribution in [1.29, 1.82) is 0 Å². The van der Waals surface area contributed by atoms with Crippen LogP contribution in [0.1, 0.15) is 36.0 Å². The van der Waals surface area contributed by atoms with Crippen LogP contribution in [0.5, 0.6) is 0 Å². The van der Waals surface area contributed by atoms with Crippen molar-refractivity contribution in [3.63, 3.8) is 0 Å². The molecule has 7 heteroatoms. The Morgan fingerprint density at radius 1 is 1.33 bits per heavy atom. The molecule has 1 aromatic rings. The van der Waals surface area contributed by atoms with Crippen molar-refractivity contribution in [2.24, 2.45) is 0 Å². The molecule has 21 heavy (non-hydrogen) atoms. The van der Waals surface area contributed by atoms with Gasteiger partial charge in [0.2, 0.25) is 0 Å². The number of halogens is 2. The highest BCUT2D eigenvalue weighted by molar-refractivity contribution is 6.31. The quantitative estimate of drug-likeness (QED) is 0.480. The van der Waals surface area contributed by atoms with Crippen molar-refractivity contribution < 1.29 is 9.72 Å². The number of nitro benzene ring substituents is 1. The second-order valence-electron chi connectivity index (χ2n) is 5.24. The predicted molar refractivity (Wildman–Crippen MR) is 82.1 cm³/mol. The van der Waals surface area contributed by atoms with Crippen molar-refractivity contribution in [2.75, 3.05) is 7.05 Å². The van der Waals surface area contributed by atoms with Crippen LogP contribution < -0.4 is 0 Å². The van der Waals surface area contributed by atoms with E-state index in [4.69, 9.17) is 23.2 Å².